The summed E-state index contributed by atoms with van der Waals surface area (Å²) in [5.74, 6) is 2.44. The summed E-state index contributed by atoms with van der Waals surface area (Å²) >= 11 is 0. The molecule has 1 aromatic heterocycles. The van der Waals surface area contributed by atoms with Crippen molar-refractivity contribution >= 4 is 11.5 Å². The van der Waals surface area contributed by atoms with Crippen LogP contribution in [0.25, 0.3) is 0 Å². The van der Waals surface area contributed by atoms with Gasteiger partial charge < -0.3 is 15.0 Å². The summed E-state index contributed by atoms with van der Waals surface area (Å²) < 4.78 is 6.00. The molecule has 1 aromatic carbocycles. The van der Waals surface area contributed by atoms with Crippen molar-refractivity contribution in [2.75, 3.05) is 26.2 Å². The van der Waals surface area contributed by atoms with E-state index >= 15 is 0 Å². The third-order valence-corrected chi connectivity index (χ3v) is 3.71. The maximum Gasteiger partial charge on any atom is 0.159 e. The molecule has 1 N–H and O–H groups in total. The normalized spacial score (nSPS) is 17.1. The van der Waals surface area contributed by atoms with E-state index in [4.69, 9.17) is 9.73 Å². The van der Waals surface area contributed by atoms with Crippen LogP contribution in [0.2, 0.25) is 0 Å². The Kier molecular flexibility index (Phi) is 3.05. The zero-order valence-electron chi connectivity index (χ0n) is 11.6. The molecule has 3 heterocycles. The van der Waals surface area contributed by atoms with Crippen LogP contribution >= 0.6 is 0 Å². The lowest BCUT2D eigenvalue weighted by Crippen LogP contribution is -2.46. The molecule has 5 nitrogen and oxygen atoms in total. The summed E-state index contributed by atoms with van der Waals surface area (Å²) in [7, 11) is 0. The van der Waals surface area contributed by atoms with E-state index in [-0.39, 0.29) is 0 Å². The molecular formula is C16H16N4O. The van der Waals surface area contributed by atoms with E-state index in [2.05, 4.69) is 15.2 Å². The van der Waals surface area contributed by atoms with Crippen molar-refractivity contribution in [1.29, 1.82) is 0 Å². The number of benzene rings is 1. The Hall–Kier alpha value is -2.40. The van der Waals surface area contributed by atoms with Crippen LogP contribution in [0.1, 0.15) is 5.69 Å². The lowest BCUT2D eigenvalue weighted by Gasteiger charge is -2.29. The van der Waals surface area contributed by atoms with E-state index in [1.165, 1.54) is 0 Å². The van der Waals surface area contributed by atoms with Crippen molar-refractivity contribution in [3.05, 3.63) is 48.3 Å². The van der Waals surface area contributed by atoms with Crippen molar-refractivity contribution in [2.45, 2.75) is 0 Å². The minimum absolute atomic E-state index is 0.764. The highest BCUT2D eigenvalue weighted by atomic mass is 16.5. The van der Waals surface area contributed by atoms with E-state index in [0.29, 0.717) is 0 Å². The number of piperazine rings is 1. The second-order valence-electron chi connectivity index (χ2n) is 5.09. The van der Waals surface area contributed by atoms with Crippen LogP contribution in [0.4, 0.5) is 5.69 Å². The minimum Gasteiger partial charge on any atom is -0.453 e. The van der Waals surface area contributed by atoms with Crippen LogP contribution in [0.5, 0.6) is 11.5 Å². The van der Waals surface area contributed by atoms with Crippen molar-refractivity contribution in [2.24, 2.45) is 4.99 Å². The molecule has 2 aliphatic heterocycles. The molecule has 0 bridgehead atoms. The lowest BCUT2D eigenvalue weighted by atomic mass is 10.2. The predicted octanol–water partition coefficient (Wildman–Crippen LogP) is 2.17. The van der Waals surface area contributed by atoms with Gasteiger partial charge in [0.25, 0.3) is 0 Å². The molecular weight excluding hydrogens is 264 g/mol. The summed E-state index contributed by atoms with van der Waals surface area (Å²) in [6, 6.07) is 11.7. The molecule has 1 fully saturated rings. The molecule has 106 valence electrons. The van der Waals surface area contributed by atoms with Gasteiger partial charge in [-0.15, -0.1) is 0 Å². The number of para-hydroxylation sites is 2. The second-order valence-corrected chi connectivity index (χ2v) is 5.09. The first-order valence-corrected chi connectivity index (χ1v) is 7.18. The largest absolute Gasteiger partial charge is 0.453 e. The Morgan fingerprint density at radius 3 is 2.71 bits per heavy atom. The summed E-state index contributed by atoms with van der Waals surface area (Å²) in [6.45, 7) is 3.78. The third-order valence-electron chi connectivity index (χ3n) is 3.71. The molecule has 0 atom stereocenters. The van der Waals surface area contributed by atoms with Gasteiger partial charge in [0.1, 0.15) is 11.4 Å². The van der Waals surface area contributed by atoms with Gasteiger partial charge in [0.15, 0.2) is 17.3 Å². The molecule has 4 rings (SSSR count). The van der Waals surface area contributed by atoms with E-state index in [9.17, 15) is 0 Å². The van der Waals surface area contributed by atoms with Gasteiger partial charge >= 0.3 is 0 Å². The Morgan fingerprint density at radius 2 is 1.81 bits per heavy atom. The monoisotopic (exact) mass is 280 g/mol. The number of ether oxygens (including phenoxy) is 1. The van der Waals surface area contributed by atoms with Crippen LogP contribution in [-0.2, 0) is 0 Å². The summed E-state index contributed by atoms with van der Waals surface area (Å²) in [6.07, 6.45) is 1.79. The zero-order chi connectivity index (χ0) is 14.1. The first-order chi connectivity index (χ1) is 10.4. The number of fused-ring (bicyclic) bond motifs is 2. The molecule has 0 radical (unpaired) electrons. The van der Waals surface area contributed by atoms with E-state index in [1.54, 1.807) is 6.20 Å². The number of hydrogen-bond acceptors (Lipinski definition) is 5. The van der Waals surface area contributed by atoms with Gasteiger partial charge in [-0.3, -0.25) is 0 Å². The van der Waals surface area contributed by atoms with Gasteiger partial charge in [0, 0.05) is 32.4 Å². The van der Waals surface area contributed by atoms with E-state index in [1.807, 2.05) is 36.4 Å². The molecule has 21 heavy (non-hydrogen) atoms. The average molecular weight is 280 g/mol. The Balaban J connectivity index is 1.87. The molecule has 0 aliphatic carbocycles. The third kappa shape index (κ3) is 2.25. The van der Waals surface area contributed by atoms with Crippen molar-refractivity contribution in [3.63, 3.8) is 0 Å². The van der Waals surface area contributed by atoms with Crippen LogP contribution in [0.15, 0.2) is 47.6 Å². The summed E-state index contributed by atoms with van der Waals surface area (Å²) in [4.78, 5) is 11.6. The number of rotatable bonds is 0. The van der Waals surface area contributed by atoms with Gasteiger partial charge in [-0.2, -0.15) is 0 Å². The minimum atomic E-state index is 0.764. The fraction of sp³-hybridized carbons (Fsp3) is 0.250. The van der Waals surface area contributed by atoms with Gasteiger partial charge in [-0.05, 0) is 24.3 Å². The number of nitrogens with zero attached hydrogens (tertiary/aromatic N) is 3. The average Bonchev–Trinajstić information content (AvgIpc) is 2.72. The highest BCUT2D eigenvalue weighted by Gasteiger charge is 2.24. The quantitative estimate of drug-likeness (QED) is 0.803. The smallest absolute Gasteiger partial charge is 0.159 e. The number of aromatic nitrogens is 1. The molecule has 0 spiro atoms. The molecule has 5 heteroatoms. The van der Waals surface area contributed by atoms with Crippen molar-refractivity contribution < 1.29 is 4.74 Å². The number of pyridine rings is 1. The predicted molar refractivity (Wildman–Crippen MR) is 81.4 cm³/mol. The highest BCUT2D eigenvalue weighted by Crippen LogP contribution is 2.36. The number of hydrogen-bond donors (Lipinski definition) is 1. The fourth-order valence-corrected chi connectivity index (χ4v) is 2.66. The van der Waals surface area contributed by atoms with E-state index < -0.39 is 0 Å². The molecule has 2 aliphatic rings. The summed E-state index contributed by atoms with van der Waals surface area (Å²) in [5.41, 5.74) is 1.67. The molecule has 0 saturated carbocycles. The van der Waals surface area contributed by atoms with Crippen molar-refractivity contribution in [1.82, 2.24) is 15.2 Å². The van der Waals surface area contributed by atoms with Gasteiger partial charge in [0.2, 0.25) is 0 Å². The summed E-state index contributed by atoms with van der Waals surface area (Å²) in [5, 5.41) is 3.36. The second kappa shape index (κ2) is 5.18. The Morgan fingerprint density at radius 1 is 1.00 bits per heavy atom. The van der Waals surface area contributed by atoms with Gasteiger partial charge in [0.05, 0.1) is 0 Å². The lowest BCUT2D eigenvalue weighted by molar-refractivity contribution is 0.357. The topological polar surface area (TPSA) is 49.8 Å². The molecule has 0 unspecified atom stereocenters. The van der Waals surface area contributed by atoms with Gasteiger partial charge in [-0.25, -0.2) is 9.98 Å². The Labute approximate surface area is 123 Å². The van der Waals surface area contributed by atoms with Crippen molar-refractivity contribution in [3.8, 4) is 11.5 Å². The molecule has 0 amide bonds. The maximum atomic E-state index is 6.00. The maximum absolute atomic E-state index is 6.00. The Bertz CT molecular complexity index is 692. The van der Waals surface area contributed by atoms with Gasteiger partial charge in [-0.1, -0.05) is 12.1 Å². The zero-order valence-corrected chi connectivity index (χ0v) is 11.6. The van der Waals surface area contributed by atoms with Crippen LogP contribution in [-0.4, -0.2) is 41.9 Å². The SMILES string of the molecule is c1ccc2c(c1)N=C(N1CCNCC1)c1ncccc1O2. The fourth-order valence-electron chi connectivity index (χ4n) is 2.66. The van der Waals surface area contributed by atoms with Crippen LogP contribution in [0, 0.1) is 0 Å². The molecule has 1 saturated heterocycles. The number of nitrogens with one attached hydrogen (secondary N) is 1. The highest BCUT2D eigenvalue weighted by molar-refractivity contribution is 6.02. The molecule has 2 aromatic rings. The first kappa shape index (κ1) is 12.3. The first-order valence-electron chi connectivity index (χ1n) is 7.18. The van der Waals surface area contributed by atoms with Crippen LogP contribution < -0.4 is 10.1 Å². The standard InChI is InChI=1S/C16H16N4O/c1-2-5-13-12(4-1)19-16(20-10-8-17-9-11-20)15-14(21-13)6-3-7-18-15/h1-7,17H,8-11H2. The number of aliphatic imine (C=N–C) groups is 1. The number of amidine groups is 1. The van der Waals surface area contributed by atoms with E-state index in [0.717, 1.165) is 54.9 Å². The van der Waals surface area contributed by atoms with Crippen LogP contribution in [0.3, 0.4) is 0 Å².